The molecule has 5 heteroatoms. The van der Waals surface area contributed by atoms with Crippen molar-refractivity contribution in [3.8, 4) is 0 Å². The van der Waals surface area contributed by atoms with Gasteiger partial charge in [-0.25, -0.2) is 0 Å². The molecule has 0 aromatic heterocycles. The number of carbonyl (C=O) groups excluding carboxylic acids is 2. The predicted octanol–water partition coefficient (Wildman–Crippen LogP) is 2.38. The zero-order chi connectivity index (χ0) is 16.1. The fourth-order valence-electron chi connectivity index (χ4n) is 3.91. The van der Waals surface area contributed by atoms with E-state index in [1.54, 1.807) is 0 Å². The van der Waals surface area contributed by atoms with Gasteiger partial charge in [0.2, 0.25) is 0 Å². The second-order valence-corrected chi connectivity index (χ2v) is 7.06. The van der Waals surface area contributed by atoms with E-state index in [1.807, 2.05) is 13.8 Å². The van der Waals surface area contributed by atoms with Crippen LogP contribution < -0.4 is 0 Å². The van der Waals surface area contributed by atoms with Gasteiger partial charge in [0, 0.05) is 19.3 Å². The summed E-state index contributed by atoms with van der Waals surface area (Å²) in [5, 5.41) is 0. The molecule has 2 fully saturated rings. The first-order valence-corrected chi connectivity index (χ1v) is 8.03. The summed E-state index contributed by atoms with van der Waals surface area (Å²) in [6.45, 7) is 7.38. The second-order valence-electron chi connectivity index (χ2n) is 7.06. The smallest absolute Gasteiger partial charge is 0.309 e. The average molecular weight is 308 g/mol. The minimum atomic E-state index is -0.341. The largest absolute Gasteiger partial charge is 0.462 e. The molecule has 1 aliphatic carbocycles. The Morgan fingerprint density at radius 3 is 2.86 bits per heavy atom. The standard InChI is InChI=1S/C17H24O5/c1-9-6-5-7-17(4)15(22-17)14-13(10(2)16(19)21-14)12(8-9)20-11(3)18/h6,10,12-15H,5,7-8H2,1-4H3/b9-6+/t10-,12+,13+,14-,15+,17+/m0/s1. The summed E-state index contributed by atoms with van der Waals surface area (Å²) in [5.74, 6) is -0.967. The topological polar surface area (TPSA) is 65.1 Å². The molecule has 5 nitrogen and oxygen atoms in total. The van der Waals surface area contributed by atoms with Crippen LogP contribution in [0, 0.1) is 11.8 Å². The predicted molar refractivity (Wildman–Crippen MR) is 79.0 cm³/mol. The lowest BCUT2D eigenvalue weighted by molar-refractivity contribution is -0.151. The van der Waals surface area contributed by atoms with Gasteiger partial charge in [-0.15, -0.1) is 0 Å². The molecule has 0 aromatic rings. The van der Waals surface area contributed by atoms with Gasteiger partial charge in [-0.2, -0.15) is 0 Å². The van der Waals surface area contributed by atoms with Crippen molar-refractivity contribution in [2.45, 2.75) is 70.9 Å². The summed E-state index contributed by atoms with van der Waals surface area (Å²) in [4.78, 5) is 23.6. The highest BCUT2D eigenvalue weighted by atomic mass is 16.6. The summed E-state index contributed by atoms with van der Waals surface area (Å²) in [6.07, 6.45) is 3.93. The maximum Gasteiger partial charge on any atom is 0.309 e. The summed E-state index contributed by atoms with van der Waals surface area (Å²) in [7, 11) is 0. The summed E-state index contributed by atoms with van der Waals surface area (Å²) in [6, 6.07) is 0. The lowest BCUT2D eigenvalue weighted by Crippen LogP contribution is -2.39. The summed E-state index contributed by atoms with van der Waals surface area (Å²) >= 11 is 0. The second kappa shape index (κ2) is 5.37. The molecule has 2 saturated heterocycles. The molecule has 0 saturated carbocycles. The van der Waals surface area contributed by atoms with E-state index in [4.69, 9.17) is 14.2 Å². The monoisotopic (exact) mass is 308 g/mol. The number of esters is 2. The van der Waals surface area contributed by atoms with Crippen LogP contribution in [0.3, 0.4) is 0 Å². The number of carbonyl (C=O) groups is 2. The third-order valence-corrected chi connectivity index (χ3v) is 5.22. The van der Waals surface area contributed by atoms with Gasteiger partial charge in [-0.05, 0) is 26.7 Å². The van der Waals surface area contributed by atoms with Crippen LogP contribution in [0.4, 0.5) is 0 Å². The van der Waals surface area contributed by atoms with Gasteiger partial charge in [0.1, 0.15) is 18.3 Å². The van der Waals surface area contributed by atoms with E-state index in [-0.39, 0.29) is 47.7 Å². The van der Waals surface area contributed by atoms with Crippen LogP contribution >= 0.6 is 0 Å². The highest BCUT2D eigenvalue weighted by Crippen LogP contribution is 2.50. The Hall–Kier alpha value is -1.36. The SMILES string of the molecule is CC(=O)O[C@@H]1C/C(C)=C/CC[C@@]2(C)O[C@@H]2[C@H]2OC(=O)[C@@H](C)[C@@H]21. The third kappa shape index (κ3) is 2.67. The lowest BCUT2D eigenvalue weighted by Gasteiger charge is -2.29. The molecular formula is C17H24O5. The van der Waals surface area contributed by atoms with Crippen LogP contribution in [0.15, 0.2) is 11.6 Å². The van der Waals surface area contributed by atoms with Crippen LogP contribution in [0.5, 0.6) is 0 Å². The van der Waals surface area contributed by atoms with Gasteiger partial charge in [0.05, 0.1) is 11.5 Å². The van der Waals surface area contributed by atoms with E-state index in [2.05, 4.69) is 13.0 Å². The van der Waals surface area contributed by atoms with Gasteiger partial charge in [0.15, 0.2) is 0 Å². The number of allylic oxidation sites excluding steroid dienone is 1. The molecule has 0 unspecified atom stereocenters. The van der Waals surface area contributed by atoms with Crippen molar-refractivity contribution < 1.29 is 23.8 Å². The van der Waals surface area contributed by atoms with Crippen LogP contribution in [-0.4, -0.2) is 35.9 Å². The first-order valence-electron chi connectivity index (χ1n) is 8.03. The Labute approximate surface area is 131 Å². The van der Waals surface area contributed by atoms with Gasteiger partial charge in [0.25, 0.3) is 0 Å². The van der Waals surface area contributed by atoms with E-state index in [0.29, 0.717) is 6.42 Å². The Morgan fingerprint density at radius 2 is 2.18 bits per heavy atom. The maximum atomic E-state index is 12.1. The Kier molecular flexibility index (Phi) is 3.79. The molecule has 3 rings (SSSR count). The van der Waals surface area contributed by atoms with Crippen molar-refractivity contribution in [3.63, 3.8) is 0 Å². The van der Waals surface area contributed by atoms with Crippen molar-refractivity contribution in [1.29, 1.82) is 0 Å². The van der Waals surface area contributed by atoms with E-state index in [0.717, 1.165) is 12.8 Å². The van der Waals surface area contributed by atoms with Crippen molar-refractivity contribution in [2.24, 2.45) is 11.8 Å². The van der Waals surface area contributed by atoms with Crippen LogP contribution in [0.1, 0.15) is 47.0 Å². The molecule has 0 amide bonds. The first kappa shape index (κ1) is 15.5. The zero-order valence-corrected chi connectivity index (χ0v) is 13.6. The molecule has 6 atom stereocenters. The van der Waals surface area contributed by atoms with Gasteiger partial charge >= 0.3 is 11.9 Å². The van der Waals surface area contributed by atoms with Gasteiger partial charge in [-0.1, -0.05) is 18.6 Å². The highest BCUT2D eigenvalue weighted by molar-refractivity contribution is 5.75. The molecular weight excluding hydrogens is 284 g/mol. The van der Waals surface area contributed by atoms with E-state index >= 15 is 0 Å². The molecule has 2 heterocycles. The van der Waals surface area contributed by atoms with Crippen LogP contribution in [0.25, 0.3) is 0 Å². The fraction of sp³-hybridized carbons (Fsp3) is 0.765. The summed E-state index contributed by atoms with van der Waals surface area (Å²) in [5.41, 5.74) is 0.946. The molecule has 0 N–H and O–H groups in total. The molecule has 0 aromatic carbocycles. The van der Waals surface area contributed by atoms with Gasteiger partial charge in [-0.3, -0.25) is 9.59 Å². The van der Waals surface area contributed by atoms with Crippen molar-refractivity contribution in [1.82, 2.24) is 0 Å². The molecule has 0 radical (unpaired) electrons. The molecule has 22 heavy (non-hydrogen) atoms. The van der Waals surface area contributed by atoms with E-state index in [9.17, 15) is 9.59 Å². The molecule has 3 aliphatic rings. The number of hydrogen-bond acceptors (Lipinski definition) is 5. The normalized spacial score (nSPS) is 46.6. The van der Waals surface area contributed by atoms with Crippen LogP contribution in [-0.2, 0) is 23.8 Å². The minimum Gasteiger partial charge on any atom is -0.462 e. The van der Waals surface area contributed by atoms with Crippen molar-refractivity contribution in [2.75, 3.05) is 0 Å². The average Bonchev–Trinajstić information content (AvgIpc) is 2.98. The Bertz CT molecular complexity index is 525. The number of ether oxygens (including phenoxy) is 3. The molecule has 122 valence electrons. The zero-order valence-electron chi connectivity index (χ0n) is 13.6. The fourth-order valence-corrected chi connectivity index (χ4v) is 3.91. The van der Waals surface area contributed by atoms with Gasteiger partial charge < -0.3 is 14.2 Å². The van der Waals surface area contributed by atoms with E-state index in [1.165, 1.54) is 12.5 Å². The number of epoxide rings is 1. The van der Waals surface area contributed by atoms with E-state index < -0.39 is 0 Å². The quantitative estimate of drug-likeness (QED) is 0.423. The molecule has 0 spiro atoms. The minimum absolute atomic E-state index is 0.0868. The number of fused-ring (bicyclic) bond motifs is 3. The first-order chi connectivity index (χ1) is 10.3. The number of rotatable bonds is 1. The maximum absolute atomic E-state index is 12.1. The van der Waals surface area contributed by atoms with Crippen molar-refractivity contribution in [3.05, 3.63) is 11.6 Å². The molecule has 2 aliphatic heterocycles. The summed E-state index contributed by atoms with van der Waals surface area (Å²) < 4.78 is 17.0. The Morgan fingerprint density at radius 1 is 1.45 bits per heavy atom. The van der Waals surface area contributed by atoms with Crippen molar-refractivity contribution >= 4 is 11.9 Å². The van der Waals surface area contributed by atoms with Crippen LogP contribution in [0.2, 0.25) is 0 Å². The Balaban J connectivity index is 1.94. The third-order valence-electron chi connectivity index (χ3n) is 5.22. The number of hydrogen-bond donors (Lipinski definition) is 0. The molecule has 0 bridgehead atoms. The lowest BCUT2D eigenvalue weighted by atomic mass is 9.79. The highest BCUT2D eigenvalue weighted by Gasteiger charge is 2.63.